The molecule has 0 radical (unpaired) electrons. The Morgan fingerprint density at radius 1 is 1.20 bits per heavy atom. The molecule has 5 rings (SSSR count). The molecule has 1 amide bonds. The van der Waals surface area contributed by atoms with Gasteiger partial charge in [-0.3, -0.25) is 9.63 Å². The van der Waals surface area contributed by atoms with E-state index in [-0.39, 0.29) is 17.8 Å². The van der Waals surface area contributed by atoms with Gasteiger partial charge in [0.1, 0.15) is 23.7 Å². The fourth-order valence-electron chi connectivity index (χ4n) is 5.15. The molecular formula is C29H34FN7O3. The van der Waals surface area contributed by atoms with Gasteiger partial charge in [-0.05, 0) is 50.4 Å². The van der Waals surface area contributed by atoms with Gasteiger partial charge in [0.2, 0.25) is 5.91 Å². The third kappa shape index (κ3) is 5.85. The Morgan fingerprint density at radius 3 is 2.77 bits per heavy atom. The van der Waals surface area contributed by atoms with Crippen molar-refractivity contribution in [3.05, 3.63) is 72.8 Å². The van der Waals surface area contributed by atoms with Crippen LogP contribution in [0.15, 0.2) is 61.4 Å². The summed E-state index contributed by atoms with van der Waals surface area (Å²) in [5.41, 5.74) is 2.93. The van der Waals surface area contributed by atoms with E-state index in [9.17, 15) is 9.18 Å². The molecule has 11 heteroatoms. The fraction of sp³-hybridized carbons (Fsp3) is 0.345. The van der Waals surface area contributed by atoms with Gasteiger partial charge in [0.25, 0.3) is 0 Å². The predicted molar refractivity (Wildman–Crippen MR) is 154 cm³/mol. The Morgan fingerprint density at radius 2 is 2.05 bits per heavy atom. The lowest BCUT2D eigenvalue weighted by Gasteiger charge is -2.26. The van der Waals surface area contributed by atoms with Crippen LogP contribution in [0.3, 0.4) is 0 Å². The van der Waals surface area contributed by atoms with Gasteiger partial charge in [-0.25, -0.2) is 19.4 Å². The zero-order chi connectivity index (χ0) is 28.2. The molecule has 1 aromatic heterocycles. The molecule has 2 fully saturated rings. The first kappa shape index (κ1) is 27.4. The Hall–Kier alpha value is -4.22. The van der Waals surface area contributed by atoms with Gasteiger partial charge < -0.3 is 25.2 Å². The minimum Gasteiger partial charge on any atom is -0.494 e. The van der Waals surface area contributed by atoms with Crippen LogP contribution < -0.4 is 25.3 Å². The molecule has 2 aromatic carbocycles. The zero-order valence-corrected chi connectivity index (χ0v) is 22.9. The highest BCUT2D eigenvalue weighted by atomic mass is 19.1. The first-order valence-corrected chi connectivity index (χ1v) is 13.2. The number of amides is 1. The van der Waals surface area contributed by atoms with E-state index in [1.165, 1.54) is 24.5 Å². The van der Waals surface area contributed by atoms with Gasteiger partial charge in [-0.2, -0.15) is 0 Å². The van der Waals surface area contributed by atoms with Crippen LogP contribution in [0.2, 0.25) is 0 Å². The van der Waals surface area contributed by atoms with Gasteiger partial charge in [0.05, 0.1) is 36.8 Å². The minimum absolute atomic E-state index is 0.181. The molecule has 0 saturated carbocycles. The van der Waals surface area contributed by atoms with Crippen LogP contribution in [-0.4, -0.2) is 67.7 Å². The Kier molecular flexibility index (Phi) is 8.13. The first-order valence-electron chi connectivity index (χ1n) is 13.2. The van der Waals surface area contributed by atoms with Crippen molar-refractivity contribution in [1.82, 2.24) is 14.9 Å². The van der Waals surface area contributed by atoms with Crippen molar-refractivity contribution in [2.45, 2.75) is 24.9 Å². The quantitative estimate of drug-likeness (QED) is 0.375. The molecule has 40 heavy (non-hydrogen) atoms. The summed E-state index contributed by atoms with van der Waals surface area (Å²) < 4.78 is 19.6. The molecule has 3 aromatic rings. The molecule has 0 aliphatic carbocycles. The summed E-state index contributed by atoms with van der Waals surface area (Å²) in [5, 5.41) is 7.94. The minimum atomic E-state index is -0.306. The molecule has 210 valence electrons. The number of anilines is 5. The molecule has 2 N–H and O–H groups in total. The van der Waals surface area contributed by atoms with Gasteiger partial charge in [0.15, 0.2) is 5.82 Å². The summed E-state index contributed by atoms with van der Waals surface area (Å²) in [6, 6.07) is 12.2. The van der Waals surface area contributed by atoms with E-state index in [0.717, 1.165) is 30.8 Å². The molecule has 0 bridgehead atoms. The SMILES string of the molecule is C=CC(=O)Nc1cc(Nc2cc(N3OCC[C@@H]3c3cccc(F)c3)ncn2)c(OC)cc1N1CC[C@@H](N(C)C)C1. The molecule has 0 unspecified atom stereocenters. The van der Waals surface area contributed by atoms with Crippen LogP contribution in [0.25, 0.3) is 0 Å². The van der Waals surface area contributed by atoms with E-state index in [2.05, 4.69) is 51.1 Å². The number of methoxy groups -OCH3 is 1. The number of nitrogens with one attached hydrogen (secondary N) is 2. The number of carbonyl (C=O) groups excluding carboxylic acids is 1. The standard InChI is InChI=1S/C29H34FN7O3/c1-5-29(38)34-22-14-23(26(39-4)15-25(22)36-11-9-21(17-36)35(2)3)33-27-16-28(32-18-31-27)37-24(10-12-40-37)19-7-6-8-20(30)13-19/h5-8,13-16,18,21,24H,1,9-12,17H2,2-4H3,(H,34,38)(H,31,32,33)/t21-,24-/m1/s1. The number of aromatic nitrogens is 2. The van der Waals surface area contributed by atoms with Crippen LogP contribution in [0.1, 0.15) is 24.4 Å². The summed E-state index contributed by atoms with van der Waals surface area (Å²) in [6.07, 6.45) is 4.40. The zero-order valence-electron chi connectivity index (χ0n) is 22.9. The maximum atomic E-state index is 13.9. The lowest BCUT2D eigenvalue weighted by atomic mass is 10.0. The summed E-state index contributed by atoms with van der Waals surface area (Å²) in [7, 11) is 5.75. The molecule has 3 heterocycles. The normalized spacial score (nSPS) is 18.7. The Labute approximate surface area is 233 Å². The van der Waals surface area contributed by atoms with Crippen molar-refractivity contribution in [2.24, 2.45) is 0 Å². The summed E-state index contributed by atoms with van der Waals surface area (Å²) >= 11 is 0. The van der Waals surface area contributed by atoms with E-state index >= 15 is 0 Å². The monoisotopic (exact) mass is 547 g/mol. The van der Waals surface area contributed by atoms with Crippen LogP contribution in [-0.2, 0) is 9.63 Å². The third-order valence-electron chi connectivity index (χ3n) is 7.27. The van der Waals surface area contributed by atoms with E-state index in [1.54, 1.807) is 24.3 Å². The smallest absolute Gasteiger partial charge is 0.247 e. The predicted octanol–water partition coefficient (Wildman–Crippen LogP) is 4.52. The largest absolute Gasteiger partial charge is 0.494 e. The van der Waals surface area contributed by atoms with Gasteiger partial charge in [0, 0.05) is 37.7 Å². The van der Waals surface area contributed by atoms with Crippen molar-refractivity contribution in [2.75, 3.05) is 61.5 Å². The van der Waals surface area contributed by atoms with Gasteiger partial charge >= 0.3 is 0 Å². The molecule has 2 atom stereocenters. The summed E-state index contributed by atoms with van der Waals surface area (Å²) in [5.74, 6) is 1.02. The van der Waals surface area contributed by atoms with Crippen LogP contribution in [0, 0.1) is 5.82 Å². The number of carbonyl (C=O) groups is 1. The number of rotatable bonds is 9. The van der Waals surface area contributed by atoms with Crippen molar-refractivity contribution in [3.63, 3.8) is 0 Å². The summed E-state index contributed by atoms with van der Waals surface area (Å²) in [4.78, 5) is 31.5. The lowest BCUT2D eigenvalue weighted by Crippen LogP contribution is -2.31. The average Bonchev–Trinajstić information content (AvgIpc) is 3.64. The number of benzene rings is 2. The number of hydroxylamine groups is 1. The summed E-state index contributed by atoms with van der Waals surface area (Å²) in [6.45, 7) is 5.77. The highest BCUT2D eigenvalue weighted by molar-refractivity contribution is 6.02. The van der Waals surface area contributed by atoms with E-state index in [4.69, 9.17) is 9.57 Å². The lowest BCUT2D eigenvalue weighted by molar-refractivity contribution is -0.111. The second kappa shape index (κ2) is 11.9. The maximum Gasteiger partial charge on any atom is 0.247 e. The topological polar surface area (TPSA) is 95.1 Å². The van der Waals surface area contributed by atoms with E-state index < -0.39 is 0 Å². The molecule has 0 spiro atoms. The highest BCUT2D eigenvalue weighted by Crippen LogP contribution is 2.40. The highest BCUT2D eigenvalue weighted by Gasteiger charge is 2.30. The molecule has 2 saturated heterocycles. The van der Waals surface area contributed by atoms with Crippen molar-refractivity contribution < 1.29 is 18.8 Å². The van der Waals surface area contributed by atoms with Crippen LogP contribution in [0.5, 0.6) is 5.75 Å². The molecule has 10 nitrogen and oxygen atoms in total. The first-order chi connectivity index (χ1) is 19.4. The number of nitrogens with zero attached hydrogens (tertiary/aromatic N) is 5. The van der Waals surface area contributed by atoms with Crippen molar-refractivity contribution in [1.29, 1.82) is 0 Å². The van der Waals surface area contributed by atoms with Crippen molar-refractivity contribution >= 4 is 34.6 Å². The number of hydrogen-bond acceptors (Lipinski definition) is 9. The van der Waals surface area contributed by atoms with Gasteiger partial charge in [-0.1, -0.05) is 18.7 Å². The van der Waals surface area contributed by atoms with Gasteiger partial charge in [-0.15, -0.1) is 0 Å². The number of ether oxygens (including phenoxy) is 1. The number of hydrogen-bond donors (Lipinski definition) is 2. The number of likely N-dealkylation sites (N-methyl/N-ethyl adjacent to an activating group) is 1. The molecular weight excluding hydrogens is 513 g/mol. The second-order valence-corrected chi connectivity index (χ2v) is 10.0. The molecule has 2 aliphatic heterocycles. The number of halogens is 1. The fourth-order valence-corrected chi connectivity index (χ4v) is 5.15. The second-order valence-electron chi connectivity index (χ2n) is 10.0. The van der Waals surface area contributed by atoms with E-state index in [1.807, 2.05) is 18.2 Å². The molecule has 2 aliphatic rings. The Bertz CT molecular complexity index is 1390. The van der Waals surface area contributed by atoms with E-state index in [0.29, 0.717) is 47.8 Å². The third-order valence-corrected chi connectivity index (χ3v) is 7.27. The Balaban J connectivity index is 1.44. The van der Waals surface area contributed by atoms with Crippen molar-refractivity contribution in [3.8, 4) is 5.75 Å². The van der Waals surface area contributed by atoms with Crippen LogP contribution >= 0.6 is 0 Å². The average molecular weight is 548 g/mol. The van der Waals surface area contributed by atoms with Crippen LogP contribution in [0.4, 0.5) is 33.1 Å². The maximum absolute atomic E-state index is 13.9.